The second kappa shape index (κ2) is 9.02. The lowest BCUT2D eigenvalue weighted by molar-refractivity contribution is -0.138. The number of nitriles is 1. The molecule has 1 aromatic heterocycles. The molecule has 0 aliphatic heterocycles. The number of nitrogens with zero attached hydrogens (tertiary/aromatic N) is 2. The van der Waals surface area contributed by atoms with E-state index in [9.17, 15) is 14.4 Å². The van der Waals surface area contributed by atoms with Crippen LogP contribution >= 0.6 is 0 Å². The maximum absolute atomic E-state index is 13.3. The largest absolute Gasteiger partial charge is 0.300 e. The molecule has 33 heavy (non-hydrogen) atoms. The number of aryl methyl sites for hydroxylation is 2. The highest BCUT2D eigenvalue weighted by molar-refractivity contribution is 6.10. The van der Waals surface area contributed by atoms with Gasteiger partial charge in [0.15, 0.2) is 0 Å². The molecular weight excluding hydrogens is 412 g/mol. The van der Waals surface area contributed by atoms with Gasteiger partial charge in [-0.3, -0.25) is 14.6 Å². The van der Waals surface area contributed by atoms with Crippen LogP contribution in [-0.4, -0.2) is 22.3 Å². The van der Waals surface area contributed by atoms with E-state index in [2.05, 4.69) is 11.1 Å². The second-order valence-corrected chi connectivity index (χ2v) is 10.1. The van der Waals surface area contributed by atoms with Crippen LogP contribution in [0.1, 0.15) is 80.0 Å². The van der Waals surface area contributed by atoms with Gasteiger partial charge in [0.1, 0.15) is 29.3 Å². The molecule has 5 nitrogen and oxygen atoms in total. The van der Waals surface area contributed by atoms with Crippen LogP contribution in [0.5, 0.6) is 0 Å². The molecule has 2 aliphatic rings. The SMILES string of the molecule is CC(=O)CC1CCC2(CC1)CC(=O)C(c1c(C)cc(-c3ccc(C#N)cn3)cc1C)C(=O)C2. The Kier molecular flexibility index (Phi) is 6.30. The Morgan fingerprint density at radius 3 is 2.18 bits per heavy atom. The molecule has 0 atom stereocenters. The summed E-state index contributed by atoms with van der Waals surface area (Å²) in [6.45, 7) is 5.54. The van der Waals surface area contributed by atoms with Gasteiger partial charge in [-0.1, -0.05) is 0 Å². The Morgan fingerprint density at radius 2 is 1.70 bits per heavy atom. The first-order chi connectivity index (χ1) is 15.7. The van der Waals surface area contributed by atoms with E-state index >= 15 is 0 Å². The van der Waals surface area contributed by atoms with Gasteiger partial charge in [0.05, 0.1) is 11.3 Å². The number of hydrogen-bond donors (Lipinski definition) is 0. The van der Waals surface area contributed by atoms with E-state index < -0.39 is 5.92 Å². The van der Waals surface area contributed by atoms with Crippen LogP contribution in [-0.2, 0) is 14.4 Å². The molecule has 2 fully saturated rings. The topological polar surface area (TPSA) is 87.9 Å². The highest BCUT2D eigenvalue weighted by Crippen LogP contribution is 2.50. The molecule has 1 aromatic carbocycles. The number of aromatic nitrogens is 1. The zero-order valence-electron chi connectivity index (χ0n) is 19.6. The third kappa shape index (κ3) is 4.66. The minimum absolute atomic E-state index is 0.0340. The highest BCUT2D eigenvalue weighted by atomic mass is 16.2. The number of rotatable bonds is 4. The van der Waals surface area contributed by atoms with Gasteiger partial charge < -0.3 is 4.79 Å². The number of hydrogen-bond acceptors (Lipinski definition) is 5. The van der Waals surface area contributed by atoms with Gasteiger partial charge in [-0.15, -0.1) is 0 Å². The first kappa shape index (κ1) is 23.0. The first-order valence-corrected chi connectivity index (χ1v) is 11.7. The molecule has 0 N–H and O–H groups in total. The number of Topliss-reactive ketones (excluding diaryl/α,β-unsaturated/α-hetero) is 3. The fraction of sp³-hybridized carbons (Fsp3) is 0.464. The van der Waals surface area contributed by atoms with Gasteiger partial charge >= 0.3 is 0 Å². The van der Waals surface area contributed by atoms with E-state index in [0.717, 1.165) is 53.6 Å². The second-order valence-electron chi connectivity index (χ2n) is 10.1. The van der Waals surface area contributed by atoms with Gasteiger partial charge in [-0.05, 0) is 98.7 Å². The zero-order chi connectivity index (χ0) is 23.8. The molecule has 2 aliphatic carbocycles. The minimum Gasteiger partial charge on any atom is -0.300 e. The Balaban J connectivity index is 1.55. The molecule has 0 amide bonds. The molecule has 0 unspecified atom stereocenters. The third-order valence-electron chi connectivity index (χ3n) is 7.56. The summed E-state index contributed by atoms with van der Waals surface area (Å²) < 4.78 is 0. The van der Waals surface area contributed by atoms with Gasteiger partial charge in [0.25, 0.3) is 0 Å². The van der Waals surface area contributed by atoms with Gasteiger partial charge in [0, 0.05) is 31.0 Å². The van der Waals surface area contributed by atoms with Crippen molar-refractivity contribution >= 4 is 17.3 Å². The normalized spacial score (nSPS) is 25.2. The van der Waals surface area contributed by atoms with Crippen LogP contribution in [0.15, 0.2) is 30.5 Å². The van der Waals surface area contributed by atoms with Crippen molar-refractivity contribution in [3.05, 3.63) is 52.7 Å². The standard InChI is InChI=1S/C28H30N2O3/c1-17-10-22(23-5-4-21(15-29)16-30-23)11-18(2)26(17)27-24(32)13-28(14-25(27)33)8-6-20(7-9-28)12-19(3)31/h4-5,10-11,16,20,27H,6-9,12-14H2,1-3H3. The average molecular weight is 443 g/mol. The van der Waals surface area contributed by atoms with Gasteiger partial charge in [-0.2, -0.15) is 5.26 Å². The van der Waals surface area contributed by atoms with E-state index in [1.165, 1.54) is 0 Å². The van der Waals surface area contributed by atoms with Crippen LogP contribution in [0.25, 0.3) is 11.3 Å². The van der Waals surface area contributed by atoms with Crippen molar-refractivity contribution in [1.82, 2.24) is 4.98 Å². The molecule has 2 aromatic rings. The lowest BCUT2D eigenvalue weighted by Crippen LogP contribution is -2.42. The maximum Gasteiger partial charge on any atom is 0.148 e. The Hall–Kier alpha value is -3.13. The van der Waals surface area contributed by atoms with Crippen LogP contribution < -0.4 is 0 Å². The molecule has 170 valence electrons. The predicted octanol–water partition coefficient (Wildman–Crippen LogP) is 5.41. The van der Waals surface area contributed by atoms with Crippen molar-refractivity contribution in [1.29, 1.82) is 5.26 Å². The number of benzene rings is 1. The molecular formula is C28H30N2O3. The molecule has 2 saturated carbocycles. The average Bonchev–Trinajstić information content (AvgIpc) is 2.76. The van der Waals surface area contributed by atoms with Crippen molar-refractivity contribution < 1.29 is 14.4 Å². The Labute approximate surface area is 195 Å². The summed E-state index contributed by atoms with van der Waals surface area (Å²) in [5, 5.41) is 8.99. The minimum atomic E-state index is -0.687. The summed E-state index contributed by atoms with van der Waals surface area (Å²) in [5.41, 5.74) is 4.64. The van der Waals surface area contributed by atoms with E-state index in [0.29, 0.717) is 30.7 Å². The van der Waals surface area contributed by atoms with E-state index in [4.69, 9.17) is 5.26 Å². The fourth-order valence-electron chi connectivity index (χ4n) is 5.97. The molecule has 1 spiro atoms. The van der Waals surface area contributed by atoms with Crippen LogP contribution in [0.2, 0.25) is 0 Å². The summed E-state index contributed by atoms with van der Waals surface area (Å²) in [7, 11) is 0. The maximum atomic E-state index is 13.3. The van der Waals surface area contributed by atoms with Crippen LogP contribution in [0.3, 0.4) is 0 Å². The van der Waals surface area contributed by atoms with Crippen molar-refractivity contribution in [2.75, 3.05) is 0 Å². The van der Waals surface area contributed by atoms with Gasteiger partial charge in [0.2, 0.25) is 0 Å². The van der Waals surface area contributed by atoms with E-state index in [1.807, 2.05) is 32.0 Å². The predicted molar refractivity (Wildman–Crippen MR) is 126 cm³/mol. The fourth-order valence-corrected chi connectivity index (χ4v) is 5.97. The van der Waals surface area contributed by atoms with Crippen LogP contribution in [0, 0.1) is 36.5 Å². The summed E-state index contributed by atoms with van der Waals surface area (Å²) >= 11 is 0. The first-order valence-electron chi connectivity index (χ1n) is 11.7. The Bertz CT molecular complexity index is 1110. The number of pyridine rings is 1. The third-order valence-corrected chi connectivity index (χ3v) is 7.56. The highest BCUT2D eigenvalue weighted by Gasteiger charge is 2.47. The summed E-state index contributed by atoms with van der Waals surface area (Å²) in [4.78, 5) is 42.5. The van der Waals surface area contributed by atoms with Crippen molar-refractivity contribution in [2.45, 2.75) is 71.6 Å². The number of ketones is 3. The lowest BCUT2D eigenvalue weighted by atomic mass is 9.59. The smallest absolute Gasteiger partial charge is 0.148 e. The quantitative estimate of drug-likeness (QED) is 0.591. The number of carbonyl (C=O) groups excluding carboxylic acids is 3. The number of carbonyl (C=O) groups is 3. The monoisotopic (exact) mass is 442 g/mol. The van der Waals surface area contributed by atoms with Crippen molar-refractivity contribution in [3.8, 4) is 17.3 Å². The Morgan fingerprint density at radius 1 is 1.09 bits per heavy atom. The van der Waals surface area contributed by atoms with E-state index in [1.54, 1.807) is 19.2 Å². The molecule has 1 heterocycles. The molecule has 0 radical (unpaired) electrons. The molecule has 0 saturated heterocycles. The van der Waals surface area contributed by atoms with Crippen LogP contribution in [0.4, 0.5) is 0 Å². The van der Waals surface area contributed by atoms with E-state index in [-0.39, 0.29) is 22.8 Å². The van der Waals surface area contributed by atoms with Gasteiger partial charge in [-0.25, -0.2) is 0 Å². The summed E-state index contributed by atoms with van der Waals surface area (Å²) in [5.74, 6) is -0.00619. The van der Waals surface area contributed by atoms with Crippen molar-refractivity contribution in [3.63, 3.8) is 0 Å². The lowest BCUT2D eigenvalue weighted by Gasteiger charge is -2.43. The summed E-state index contributed by atoms with van der Waals surface area (Å²) in [6, 6.07) is 9.59. The molecule has 5 heteroatoms. The molecule has 4 rings (SSSR count). The zero-order valence-corrected chi connectivity index (χ0v) is 19.6. The van der Waals surface area contributed by atoms with Crippen molar-refractivity contribution in [2.24, 2.45) is 11.3 Å². The molecule has 0 bridgehead atoms. The summed E-state index contributed by atoms with van der Waals surface area (Å²) in [6.07, 6.45) is 6.63.